The number of fused-ring (bicyclic) bond motifs is 1. The van der Waals surface area contributed by atoms with Gasteiger partial charge in [0, 0.05) is 6.21 Å². The number of anilines is 1. The topological polar surface area (TPSA) is 204 Å². The van der Waals surface area contributed by atoms with Gasteiger partial charge in [0.25, 0.3) is 0 Å². The van der Waals surface area contributed by atoms with Gasteiger partial charge in [-0.2, -0.15) is 5.10 Å². The summed E-state index contributed by atoms with van der Waals surface area (Å²) in [5.41, 5.74) is 6.28. The summed E-state index contributed by atoms with van der Waals surface area (Å²) in [4.78, 5) is 3.94. The van der Waals surface area contributed by atoms with Crippen molar-refractivity contribution in [2.45, 2.75) is 43.2 Å². The van der Waals surface area contributed by atoms with E-state index in [1.165, 1.54) is 10.8 Å². The molecule has 1 aliphatic heterocycles. The van der Waals surface area contributed by atoms with Crippen molar-refractivity contribution in [3.63, 3.8) is 0 Å². The van der Waals surface area contributed by atoms with Gasteiger partial charge in [0.1, 0.15) is 36.3 Å². The van der Waals surface area contributed by atoms with Crippen LogP contribution in [0.4, 0.5) is 5.82 Å². The van der Waals surface area contributed by atoms with Crippen LogP contribution in [0, 0.1) is 5.41 Å². The van der Waals surface area contributed by atoms with Gasteiger partial charge >= 0.3 is 7.82 Å². The summed E-state index contributed by atoms with van der Waals surface area (Å²) in [5.74, 6) is 0.168. The van der Waals surface area contributed by atoms with Gasteiger partial charge in [0.05, 0.1) is 38.7 Å². The number of aliphatic hydroxyl groups excluding tert-OH is 3. The SMILES string of the molecule is N=C[C@@]1(c2ccc3c(N)ncnn23)O[C@H](COP(=O)(OCc2ccccc2)OC[C@@H](CO)OCc2ccccc2)C(O)C1O. The van der Waals surface area contributed by atoms with Gasteiger partial charge in [-0.1, -0.05) is 60.7 Å². The molecule has 6 atom stereocenters. The Bertz CT molecular complexity index is 1580. The second kappa shape index (κ2) is 14.0. The fraction of sp³-hybridized carbons (Fsp3) is 0.345. The number of aromatic nitrogens is 3. The highest BCUT2D eigenvalue weighted by Crippen LogP contribution is 2.51. The molecule has 0 aliphatic carbocycles. The molecule has 3 heterocycles. The van der Waals surface area contributed by atoms with Crippen LogP contribution in [-0.2, 0) is 46.4 Å². The fourth-order valence-corrected chi connectivity index (χ4v) is 5.96. The second-order valence-electron chi connectivity index (χ2n) is 10.1. The van der Waals surface area contributed by atoms with Crippen molar-refractivity contribution in [1.82, 2.24) is 14.6 Å². The van der Waals surface area contributed by atoms with E-state index in [4.69, 9.17) is 34.2 Å². The summed E-state index contributed by atoms with van der Waals surface area (Å²) in [6.07, 6.45) is -3.26. The molecule has 0 amide bonds. The molecular weight excluding hydrogens is 593 g/mol. The first-order valence-corrected chi connectivity index (χ1v) is 15.2. The van der Waals surface area contributed by atoms with Gasteiger partial charge in [-0.05, 0) is 23.3 Å². The number of rotatable bonds is 15. The Hall–Kier alpha value is -3.56. The molecule has 15 heteroatoms. The van der Waals surface area contributed by atoms with Gasteiger partial charge < -0.3 is 35.9 Å². The average molecular weight is 628 g/mol. The zero-order chi connectivity index (χ0) is 31.2. The summed E-state index contributed by atoms with van der Waals surface area (Å²) in [7, 11) is -4.37. The predicted molar refractivity (Wildman–Crippen MR) is 158 cm³/mol. The molecule has 14 nitrogen and oxygen atoms in total. The van der Waals surface area contributed by atoms with Crippen LogP contribution in [0.15, 0.2) is 79.1 Å². The molecule has 5 rings (SSSR count). The minimum absolute atomic E-state index is 0.134. The number of nitrogens with zero attached hydrogens (tertiary/aromatic N) is 3. The molecular formula is C29H34N5O9P. The van der Waals surface area contributed by atoms with Crippen molar-refractivity contribution in [1.29, 1.82) is 5.41 Å². The van der Waals surface area contributed by atoms with Gasteiger partial charge in [-0.15, -0.1) is 0 Å². The third-order valence-electron chi connectivity index (χ3n) is 7.17. The molecule has 0 bridgehead atoms. The molecule has 2 aromatic carbocycles. The number of aliphatic hydroxyl groups is 3. The normalized spacial score (nSPS) is 23.8. The Morgan fingerprint density at radius 2 is 1.70 bits per heavy atom. The zero-order valence-corrected chi connectivity index (χ0v) is 24.5. The number of ether oxygens (including phenoxy) is 2. The Morgan fingerprint density at radius 3 is 2.36 bits per heavy atom. The highest BCUT2D eigenvalue weighted by atomic mass is 31.2. The minimum atomic E-state index is -4.37. The van der Waals surface area contributed by atoms with Crippen LogP contribution >= 0.6 is 7.82 Å². The zero-order valence-electron chi connectivity index (χ0n) is 23.6. The highest BCUT2D eigenvalue weighted by Gasteiger charge is 2.56. The van der Waals surface area contributed by atoms with E-state index in [1.54, 1.807) is 36.4 Å². The summed E-state index contributed by atoms with van der Waals surface area (Å²) in [5, 5.41) is 44.1. The molecule has 1 aliphatic rings. The van der Waals surface area contributed by atoms with Crippen LogP contribution in [0.1, 0.15) is 16.8 Å². The summed E-state index contributed by atoms with van der Waals surface area (Å²) < 4.78 is 43.7. The van der Waals surface area contributed by atoms with E-state index in [0.29, 0.717) is 11.1 Å². The number of phosphoric acid groups is 1. The van der Waals surface area contributed by atoms with Crippen molar-refractivity contribution in [2.75, 3.05) is 25.6 Å². The predicted octanol–water partition coefficient (Wildman–Crippen LogP) is 2.21. The number of nitrogens with one attached hydrogen (secondary N) is 1. The van der Waals surface area contributed by atoms with E-state index in [0.717, 1.165) is 11.8 Å². The first-order valence-electron chi connectivity index (χ1n) is 13.8. The molecule has 1 saturated heterocycles. The van der Waals surface area contributed by atoms with Crippen molar-refractivity contribution < 1.29 is 42.9 Å². The van der Waals surface area contributed by atoms with E-state index >= 15 is 0 Å². The molecule has 3 unspecified atom stereocenters. The molecule has 0 spiro atoms. The van der Waals surface area contributed by atoms with Gasteiger partial charge in [0.15, 0.2) is 11.4 Å². The van der Waals surface area contributed by atoms with Crippen LogP contribution in [0.2, 0.25) is 0 Å². The van der Waals surface area contributed by atoms with Crippen LogP contribution in [0.3, 0.4) is 0 Å². The maximum absolute atomic E-state index is 13.8. The number of nitrogens with two attached hydrogens (primary N) is 1. The number of nitrogen functional groups attached to an aromatic ring is 1. The molecule has 234 valence electrons. The number of hydrogen-bond donors (Lipinski definition) is 5. The van der Waals surface area contributed by atoms with Crippen molar-refractivity contribution in [3.05, 3.63) is 95.9 Å². The number of phosphoric ester groups is 1. The molecule has 1 fully saturated rings. The van der Waals surface area contributed by atoms with Gasteiger partial charge in [-0.25, -0.2) is 14.1 Å². The average Bonchev–Trinajstić information content (AvgIpc) is 3.60. The van der Waals surface area contributed by atoms with E-state index in [2.05, 4.69) is 10.1 Å². The van der Waals surface area contributed by atoms with Crippen LogP contribution in [0.25, 0.3) is 5.52 Å². The van der Waals surface area contributed by atoms with E-state index < -0.39 is 51.1 Å². The molecule has 4 aromatic rings. The molecule has 0 radical (unpaired) electrons. The largest absolute Gasteiger partial charge is 0.475 e. The van der Waals surface area contributed by atoms with E-state index in [-0.39, 0.29) is 31.3 Å². The molecule has 44 heavy (non-hydrogen) atoms. The summed E-state index contributed by atoms with van der Waals surface area (Å²) >= 11 is 0. The van der Waals surface area contributed by atoms with Gasteiger partial charge in [0.2, 0.25) is 0 Å². The Kier molecular flexibility index (Phi) is 10.2. The van der Waals surface area contributed by atoms with Crippen molar-refractivity contribution in [2.24, 2.45) is 0 Å². The summed E-state index contributed by atoms with van der Waals surface area (Å²) in [6.45, 7) is -1.26. The van der Waals surface area contributed by atoms with Gasteiger partial charge in [-0.3, -0.25) is 13.6 Å². The first-order chi connectivity index (χ1) is 21.3. The van der Waals surface area contributed by atoms with E-state index in [1.807, 2.05) is 36.4 Å². The lowest BCUT2D eigenvalue weighted by molar-refractivity contribution is -0.0605. The highest BCUT2D eigenvalue weighted by molar-refractivity contribution is 7.48. The third kappa shape index (κ3) is 6.89. The lowest BCUT2D eigenvalue weighted by Crippen LogP contribution is -2.43. The van der Waals surface area contributed by atoms with Crippen molar-refractivity contribution in [3.8, 4) is 0 Å². The summed E-state index contributed by atoms with van der Waals surface area (Å²) in [6, 6.07) is 21.4. The van der Waals surface area contributed by atoms with Crippen molar-refractivity contribution >= 4 is 25.4 Å². The van der Waals surface area contributed by atoms with Crippen LogP contribution < -0.4 is 5.73 Å². The lowest BCUT2D eigenvalue weighted by atomic mass is 9.92. The Balaban J connectivity index is 1.30. The number of benzene rings is 2. The standard InChI is InChI=1S/C29H34N5O9P/c30-18-29(25-12-11-23-28(31)32-19-33-34(23)25)27(37)26(36)24(43-29)17-42-44(38,40-15-21-9-5-2-6-10-21)41-16-22(13-35)39-14-20-7-3-1-4-8-20/h1-12,18-19,22,24,26-27,30,35-37H,13-17H2,(H2,31,32,33)/t22-,24-,26?,27?,29+,44?/m1/s1. The second-order valence-corrected chi connectivity index (χ2v) is 11.8. The maximum atomic E-state index is 13.8. The minimum Gasteiger partial charge on any atom is -0.394 e. The lowest BCUT2D eigenvalue weighted by Gasteiger charge is -2.27. The smallest absolute Gasteiger partial charge is 0.394 e. The maximum Gasteiger partial charge on any atom is 0.475 e. The fourth-order valence-electron chi connectivity index (χ4n) is 4.75. The third-order valence-corrected chi connectivity index (χ3v) is 8.54. The molecule has 2 aromatic heterocycles. The first kappa shape index (κ1) is 31.9. The van der Waals surface area contributed by atoms with Crippen LogP contribution in [0.5, 0.6) is 0 Å². The van der Waals surface area contributed by atoms with E-state index in [9.17, 15) is 19.9 Å². The molecule has 0 saturated carbocycles. The Morgan fingerprint density at radius 1 is 1.02 bits per heavy atom. The Labute approximate surface area is 253 Å². The monoisotopic (exact) mass is 627 g/mol. The molecule has 6 N–H and O–H groups in total. The van der Waals surface area contributed by atoms with Crippen LogP contribution in [-0.4, -0.2) is 80.4 Å². The number of hydrogen-bond acceptors (Lipinski definition) is 13. The quantitative estimate of drug-likeness (QED) is 0.0951.